The molecule has 0 aliphatic heterocycles. The second kappa shape index (κ2) is 11.9. The monoisotopic (exact) mass is 651 g/mol. The molecule has 0 saturated carbocycles. The molecule has 51 heavy (non-hydrogen) atoms. The highest BCUT2D eigenvalue weighted by Crippen LogP contribution is 2.42. The maximum absolute atomic E-state index is 2.45. The van der Waals surface area contributed by atoms with Crippen molar-refractivity contribution in [1.82, 2.24) is 9.13 Å². The van der Waals surface area contributed by atoms with Gasteiger partial charge in [0, 0.05) is 56.4 Å². The smallest absolute Gasteiger partial charge is 0.0788 e. The quantitative estimate of drug-likeness (QED) is 0.174. The second-order valence-corrected chi connectivity index (χ2v) is 13.0. The Morgan fingerprint density at radius 3 is 1.76 bits per heavy atom. The number of rotatable bonds is 6. The van der Waals surface area contributed by atoms with Gasteiger partial charge in [0.1, 0.15) is 0 Å². The molecule has 0 aliphatic carbocycles. The highest BCUT2D eigenvalue weighted by molar-refractivity contribution is 6.20. The van der Waals surface area contributed by atoms with Crippen LogP contribution in [0.2, 0.25) is 0 Å². The first-order valence-corrected chi connectivity index (χ1v) is 17.4. The summed E-state index contributed by atoms with van der Waals surface area (Å²) in [6, 6.07) is 69.8. The molecular weight excluding hydrogens is 619 g/mol. The minimum atomic E-state index is 1.10. The molecule has 10 rings (SSSR count). The number of fused-ring (bicyclic) bond motifs is 6. The average molecular weight is 652 g/mol. The summed E-state index contributed by atoms with van der Waals surface area (Å²) < 4.78 is 4.83. The Kier molecular flexibility index (Phi) is 6.81. The van der Waals surface area contributed by atoms with Crippen LogP contribution in [-0.4, -0.2) is 9.13 Å². The highest BCUT2D eigenvalue weighted by atomic mass is 15.1. The maximum Gasteiger partial charge on any atom is 0.0788 e. The molecule has 2 heterocycles. The zero-order valence-electron chi connectivity index (χ0n) is 27.9. The average Bonchev–Trinajstić information content (AvgIpc) is 3.76. The summed E-state index contributed by atoms with van der Waals surface area (Å²) in [6.07, 6.45) is 2.31. The van der Waals surface area contributed by atoms with Gasteiger partial charge in [0.15, 0.2) is 0 Å². The van der Waals surface area contributed by atoms with Crippen LogP contribution < -0.4 is 4.90 Å². The third-order valence-corrected chi connectivity index (χ3v) is 10.1. The van der Waals surface area contributed by atoms with E-state index in [-0.39, 0.29) is 0 Å². The van der Waals surface area contributed by atoms with E-state index in [0.717, 1.165) is 28.4 Å². The largest absolute Gasteiger partial charge is 0.314 e. The van der Waals surface area contributed by atoms with Crippen molar-refractivity contribution in [2.75, 3.05) is 4.90 Å². The molecular formula is C48H33N3. The van der Waals surface area contributed by atoms with Gasteiger partial charge in [-0.05, 0) is 83.1 Å². The van der Waals surface area contributed by atoms with Gasteiger partial charge in [-0.1, -0.05) is 127 Å². The molecule has 240 valence electrons. The molecule has 0 spiro atoms. The lowest BCUT2D eigenvalue weighted by Gasteiger charge is -2.26. The van der Waals surface area contributed by atoms with Crippen molar-refractivity contribution in [3.8, 4) is 22.5 Å². The molecule has 3 nitrogen and oxygen atoms in total. The molecule has 3 heteroatoms. The van der Waals surface area contributed by atoms with Crippen LogP contribution in [-0.2, 0) is 0 Å². The number of para-hydroxylation sites is 3. The standard InChI is InChI=1S/C48H33N3/c1-4-15-35(16-5-1)45-33-49(37-18-6-2-7-19-37)47-44(45)31-30-43-42-22-12-13-23-46(42)51(48(43)47)40-28-26-39(27-29-40)50(38-20-8-3-9-21-38)41-25-24-34-14-10-11-17-36(34)32-41/h1-33H. The summed E-state index contributed by atoms with van der Waals surface area (Å²) in [5.74, 6) is 0. The Morgan fingerprint density at radius 2 is 0.980 bits per heavy atom. The van der Waals surface area contributed by atoms with E-state index >= 15 is 0 Å². The summed E-state index contributed by atoms with van der Waals surface area (Å²) in [7, 11) is 0. The molecule has 0 atom stereocenters. The normalized spacial score (nSPS) is 11.5. The van der Waals surface area contributed by atoms with Crippen LogP contribution >= 0.6 is 0 Å². The van der Waals surface area contributed by atoms with Crippen LogP contribution in [0, 0.1) is 0 Å². The molecule has 0 fully saturated rings. The first-order chi connectivity index (χ1) is 25.3. The van der Waals surface area contributed by atoms with Gasteiger partial charge in [-0.3, -0.25) is 0 Å². The van der Waals surface area contributed by atoms with Crippen molar-refractivity contribution in [3.63, 3.8) is 0 Å². The topological polar surface area (TPSA) is 13.1 Å². The third-order valence-electron chi connectivity index (χ3n) is 10.1. The van der Waals surface area contributed by atoms with Crippen molar-refractivity contribution in [2.24, 2.45) is 0 Å². The van der Waals surface area contributed by atoms with Gasteiger partial charge in [0.2, 0.25) is 0 Å². The van der Waals surface area contributed by atoms with Gasteiger partial charge in [0.25, 0.3) is 0 Å². The van der Waals surface area contributed by atoms with Crippen LogP contribution in [0.25, 0.3) is 66.0 Å². The molecule has 8 aromatic carbocycles. The highest BCUT2D eigenvalue weighted by Gasteiger charge is 2.21. The van der Waals surface area contributed by atoms with Crippen molar-refractivity contribution < 1.29 is 0 Å². The number of nitrogens with zero attached hydrogens (tertiary/aromatic N) is 3. The number of anilines is 3. The molecule has 2 aromatic heterocycles. The van der Waals surface area contributed by atoms with Crippen LogP contribution in [0.1, 0.15) is 0 Å². The molecule has 10 aromatic rings. The number of benzene rings is 8. The lowest BCUT2D eigenvalue weighted by atomic mass is 10.0. The van der Waals surface area contributed by atoms with Crippen LogP contribution in [0.3, 0.4) is 0 Å². The fraction of sp³-hybridized carbons (Fsp3) is 0. The van der Waals surface area contributed by atoms with Gasteiger partial charge < -0.3 is 14.0 Å². The predicted molar refractivity (Wildman–Crippen MR) is 215 cm³/mol. The van der Waals surface area contributed by atoms with Gasteiger partial charge in [-0.2, -0.15) is 0 Å². The van der Waals surface area contributed by atoms with Crippen molar-refractivity contribution in [1.29, 1.82) is 0 Å². The fourth-order valence-electron chi connectivity index (χ4n) is 7.76. The minimum Gasteiger partial charge on any atom is -0.314 e. The van der Waals surface area contributed by atoms with Crippen LogP contribution in [0.5, 0.6) is 0 Å². The summed E-state index contributed by atoms with van der Waals surface area (Å²) >= 11 is 0. The zero-order valence-corrected chi connectivity index (χ0v) is 27.9. The van der Waals surface area contributed by atoms with E-state index in [1.807, 2.05) is 0 Å². The number of hydrogen-bond acceptors (Lipinski definition) is 1. The van der Waals surface area contributed by atoms with Crippen molar-refractivity contribution >= 4 is 60.5 Å². The summed E-state index contributed by atoms with van der Waals surface area (Å²) in [6.45, 7) is 0. The van der Waals surface area contributed by atoms with E-state index < -0.39 is 0 Å². The summed E-state index contributed by atoms with van der Waals surface area (Å²) in [5, 5.41) is 6.16. The van der Waals surface area contributed by atoms with Crippen LogP contribution in [0.15, 0.2) is 200 Å². The van der Waals surface area contributed by atoms with E-state index in [1.165, 1.54) is 54.6 Å². The van der Waals surface area contributed by atoms with E-state index in [2.05, 4.69) is 214 Å². The van der Waals surface area contributed by atoms with Crippen molar-refractivity contribution in [3.05, 3.63) is 200 Å². The fourth-order valence-corrected chi connectivity index (χ4v) is 7.76. The zero-order chi connectivity index (χ0) is 33.7. The van der Waals surface area contributed by atoms with Gasteiger partial charge in [-0.25, -0.2) is 0 Å². The molecule has 0 amide bonds. The third kappa shape index (κ3) is 4.82. The SMILES string of the molecule is c1ccc(-c2cn(-c3ccccc3)c3c2ccc2c4ccccc4n(-c4ccc(N(c5ccccc5)c5ccc6ccccc6c5)cc4)c23)cc1. The Hall–Kier alpha value is -6.84. The molecule has 0 unspecified atom stereocenters. The van der Waals surface area contributed by atoms with Crippen LogP contribution in [0.4, 0.5) is 17.1 Å². The molecule has 0 radical (unpaired) electrons. The Balaban J connectivity index is 1.21. The van der Waals surface area contributed by atoms with E-state index in [0.29, 0.717) is 0 Å². The lowest BCUT2D eigenvalue weighted by molar-refractivity contribution is 1.12. The predicted octanol–water partition coefficient (Wildman–Crippen LogP) is 13.0. The summed E-state index contributed by atoms with van der Waals surface area (Å²) in [5.41, 5.74) is 11.6. The van der Waals surface area contributed by atoms with Gasteiger partial charge in [-0.15, -0.1) is 0 Å². The van der Waals surface area contributed by atoms with E-state index in [4.69, 9.17) is 0 Å². The van der Waals surface area contributed by atoms with Gasteiger partial charge in [0.05, 0.1) is 16.6 Å². The minimum absolute atomic E-state index is 1.10. The summed E-state index contributed by atoms with van der Waals surface area (Å²) in [4.78, 5) is 2.34. The van der Waals surface area contributed by atoms with E-state index in [9.17, 15) is 0 Å². The number of hydrogen-bond donors (Lipinski definition) is 0. The van der Waals surface area contributed by atoms with Gasteiger partial charge >= 0.3 is 0 Å². The molecule has 0 aliphatic rings. The van der Waals surface area contributed by atoms with E-state index in [1.54, 1.807) is 0 Å². The Bertz CT molecular complexity index is 2830. The Morgan fingerprint density at radius 1 is 0.373 bits per heavy atom. The molecule has 0 bridgehead atoms. The maximum atomic E-state index is 2.45. The number of aromatic nitrogens is 2. The lowest BCUT2D eigenvalue weighted by Crippen LogP contribution is -2.10. The molecule has 0 N–H and O–H groups in total. The second-order valence-electron chi connectivity index (χ2n) is 13.0. The Labute approximate surface area is 296 Å². The first kappa shape index (κ1) is 29.1. The molecule has 0 saturated heterocycles. The van der Waals surface area contributed by atoms with Crippen molar-refractivity contribution in [2.45, 2.75) is 0 Å². The first-order valence-electron chi connectivity index (χ1n) is 17.4.